The number of piperidine rings is 1. The summed E-state index contributed by atoms with van der Waals surface area (Å²) in [6, 6.07) is 2.00. The molecule has 1 aromatic rings. The molecular formula is C15H22N4OS. The third kappa shape index (κ3) is 3.48. The van der Waals surface area contributed by atoms with Crippen LogP contribution in [0, 0.1) is 12.8 Å². The van der Waals surface area contributed by atoms with E-state index in [0.717, 1.165) is 62.0 Å². The quantitative estimate of drug-likeness (QED) is 0.830. The van der Waals surface area contributed by atoms with E-state index < -0.39 is 0 Å². The van der Waals surface area contributed by atoms with Gasteiger partial charge in [0.05, 0.1) is 5.92 Å². The highest BCUT2D eigenvalue weighted by Crippen LogP contribution is 2.24. The maximum Gasteiger partial charge on any atom is 0.227 e. The number of rotatable bonds is 2. The van der Waals surface area contributed by atoms with Gasteiger partial charge in [0.15, 0.2) is 0 Å². The van der Waals surface area contributed by atoms with E-state index in [9.17, 15) is 4.79 Å². The molecule has 3 heterocycles. The van der Waals surface area contributed by atoms with Crippen LogP contribution in [0.2, 0.25) is 0 Å². The zero-order chi connectivity index (χ0) is 14.7. The van der Waals surface area contributed by atoms with Crippen molar-refractivity contribution < 1.29 is 4.79 Å². The SMILES string of the molecule is Cc1cc(N2CCCC(C(=O)N3CCSCC3)C2)ncn1. The molecule has 0 N–H and O–H groups in total. The standard InChI is InChI=1S/C15H22N4OS/c1-12-9-14(17-11-16-12)19-4-2-3-13(10-19)15(20)18-5-7-21-8-6-18/h9,11,13H,2-8,10H2,1H3. The number of aryl methyl sites for hydroxylation is 1. The molecule has 0 saturated carbocycles. The van der Waals surface area contributed by atoms with E-state index in [1.807, 2.05) is 24.8 Å². The van der Waals surface area contributed by atoms with Gasteiger partial charge in [-0.1, -0.05) is 0 Å². The Morgan fingerprint density at radius 1 is 1.29 bits per heavy atom. The van der Waals surface area contributed by atoms with Crippen LogP contribution >= 0.6 is 11.8 Å². The largest absolute Gasteiger partial charge is 0.356 e. The maximum atomic E-state index is 12.7. The van der Waals surface area contributed by atoms with Gasteiger partial charge in [0, 0.05) is 49.4 Å². The van der Waals surface area contributed by atoms with Gasteiger partial charge >= 0.3 is 0 Å². The molecule has 0 radical (unpaired) electrons. The first-order chi connectivity index (χ1) is 10.2. The number of anilines is 1. The second-order valence-corrected chi connectivity index (χ2v) is 6.97. The van der Waals surface area contributed by atoms with Crippen LogP contribution in [0.4, 0.5) is 5.82 Å². The van der Waals surface area contributed by atoms with E-state index in [1.165, 1.54) is 0 Å². The molecule has 0 aromatic carbocycles. The first kappa shape index (κ1) is 14.6. The molecule has 0 spiro atoms. The number of carbonyl (C=O) groups excluding carboxylic acids is 1. The summed E-state index contributed by atoms with van der Waals surface area (Å²) in [7, 11) is 0. The average molecular weight is 306 g/mol. The summed E-state index contributed by atoms with van der Waals surface area (Å²) in [5, 5.41) is 0. The van der Waals surface area contributed by atoms with E-state index in [0.29, 0.717) is 5.91 Å². The van der Waals surface area contributed by atoms with E-state index in [-0.39, 0.29) is 5.92 Å². The lowest BCUT2D eigenvalue weighted by atomic mass is 9.96. The molecule has 2 aliphatic rings. The summed E-state index contributed by atoms with van der Waals surface area (Å²) in [5.41, 5.74) is 0.974. The van der Waals surface area contributed by atoms with Crippen molar-refractivity contribution >= 4 is 23.5 Å². The van der Waals surface area contributed by atoms with Crippen molar-refractivity contribution in [3.8, 4) is 0 Å². The average Bonchev–Trinajstić information content (AvgIpc) is 2.55. The Bertz CT molecular complexity index is 504. The fourth-order valence-corrected chi connectivity index (χ4v) is 3.95. The Labute approximate surface area is 130 Å². The molecule has 0 aliphatic carbocycles. The fourth-order valence-electron chi connectivity index (χ4n) is 3.04. The van der Waals surface area contributed by atoms with Crippen LogP contribution in [0.3, 0.4) is 0 Å². The topological polar surface area (TPSA) is 49.3 Å². The molecular weight excluding hydrogens is 284 g/mol. The van der Waals surface area contributed by atoms with Gasteiger partial charge in [0.2, 0.25) is 5.91 Å². The van der Waals surface area contributed by atoms with Gasteiger partial charge in [-0.15, -0.1) is 0 Å². The van der Waals surface area contributed by atoms with Gasteiger partial charge in [0.25, 0.3) is 0 Å². The summed E-state index contributed by atoms with van der Waals surface area (Å²) in [4.78, 5) is 25.4. The predicted octanol–water partition coefficient (Wildman–Crippen LogP) is 1.58. The van der Waals surface area contributed by atoms with Crippen molar-refractivity contribution in [2.24, 2.45) is 5.92 Å². The van der Waals surface area contributed by atoms with Crippen LogP contribution in [0.25, 0.3) is 0 Å². The number of hydrogen-bond acceptors (Lipinski definition) is 5. The van der Waals surface area contributed by atoms with Gasteiger partial charge in [0.1, 0.15) is 12.1 Å². The number of amides is 1. The lowest BCUT2D eigenvalue weighted by Gasteiger charge is -2.36. The number of carbonyl (C=O) groups is 1. The summed E-state index contributed by atoms with van der Waals surface area (Å²) in [5.74, 6) is 3.57. The molecule has 0 bridgehead atoms. The highest BCUT2D eigenvalue weighted by Gasteiger charge is 2.30. The monoisotopic (exact) mass is 306 g/mol. The minimum absolute atomic E-state index is 0.122. The van der Waals surface area contributed by atoms with Crippen molar-refractivity contribution in [2.75, 3.05) is 42.6 Å². The lowest BCUT2D eigenvalue weighted by molar-refractivity contribution is -0.135. The Morgan fingerprint density at radius 2 is 2.10 bits per heavy atom. The number of nitrogens with zero attached hydrogens (tertiary/aromatic N) is 4. The zero-order valence-electron chi connectivity index (χ0n) is 12.5. The molecule has 1 atom stereocenters. The van der Waals surface area contributed by atoms with E-state index in [1.54, 1.807) is 6.33 Å². The Kier molecular flexibility index (Phi) is 4.63. The van der Waals surface area contributed by atoms with Crippen LogP contribution in [0.1, 0.15) is 18.5 Å². The van der Waals surface area contributed by atoms with Crippen molar-refractivity contribution in [1.29, 1.82) is 0 Å². The van der Waals surface area contributed by atoms with E-state index in [2.05, 4.69) is 19.8 Å². The smallest absolute Gasteiger partial charge is 0.227 e. The van der Waals surface area contributed by atoms with Crippen molar-refractivity contribution in [3.63, 3.8) is 0 Å². The van der Waals surface area contributed by atoms with E-state index >= 15 is 0 Å². The van der Waals surface area contributed by atoms with Gasteiger partial charge in [-0.3, -0.25) is 4.79 Å². The second-order valence-electron chi connectivity index (χ2n) is 5.74. The van der Waals surface area contributed by atoms with Gasteiger partial charge in [-0.25, -0.2) is 9.97 Å². The first-order valence-electron chi connectivity index (χ1n) is 7.64. The summed E-state index contributed by atoms with van der Waals surface area (Å²) in [6.07, 6.45) is 3.67. The predicted molar refractivity (Wildman–Crippen MR) is 85.6 cm³/mol. The molecule has 2 aliphatic heterocycles. The Morgan fingerprint density at radius 3 is 2.86 bits per heavy atom. The molecule has 6 heteroatoms. The van der Waals surface area contributed by atoms with Crippen molar-refractivity contribution in [1.82, 2.24) is 14.9 Å². The third-order valence-electron chi connectivity index (χ3n) is 4.21. The van der Waals surface area contributed by atoms with Crippen molar-refractivity contribution in [2.45, 2.75) is 19.8 Å². The Balaban J connectivity index is 1.66. The number of hydrogen-bond donors (Lipinski definition) is 0. The first-order valence-corrected chi connectivity index (χ1v) is 8.79. The minimum Gasteiger partial charge on any atom is -0.356 e. The highest BCUT2D eigenvalue weighted by atomic mass is 32.2. The molecule has 1 aromatic heterocycles. The molecule has 1 unspecified atom stereocenters. The van der Waals surface area contributed by atoms with Crippen LogP contribution in [0.5, 0.6) is 0 Å². The fraction of sp³-hybridized carbons (Fsp3) is 0.667. The van der Waals surface area contributed by atoms with Crippen molar-refractivity contribution in [3.05, 3.63) is 18.1 Å². The summed E-state index contributed by atoms with van der Waals surface area (Å²) < 4.78 is 0. The number of aromatic nitrogens is 2. The summed E-state index contributed by atoms with van der Waals surface area (Å²) in [6.45, 7) is 5.57. The van der Waals surface area contributed by atoms with Gasteiger partial charge in [-0.05, 0) is 19.8 Å². The molecule has 5 nitrogen and oxygen atoms in total. The third-order valence-corrected chi connectivity index (χ3v) is 5.15. The van der Waals surface area contributed by atoms with Crippen LogP contribution in [-0.2, 0) is 4.79 Å². The molecule has 3 rings (SSSR count). The lowest BCUT2D eigenvalue weighted by Crippen LogP contribution is -2.47. The minimum atomic E-state index is 0.122. The zero-order valence-corrected chi connectivity index (χ0v) is 13.3. The molecule has 1 amide bonds. The van der Waals surface area contributed by atoms with Crippen LogP contribution < -0.4 is 4.90 Å². The molecule has 2 saturated heterocycles. The van der Waals surface area contributed by atoms with Gasteiger partial charge < -0.3 is 9.80 Å². The summed E-state index contributed by atoms with van der Waals surface area (Å²) >= 11 is 1.94. The van der Waals surface area contributed by atoms with Gasteiger partial charge in [-0.2, -0.15) is 11.8 Å². The molecule has 2 fully saturated rings. The maximum absolute atomic E-state index is 12.7. The second kappa shape index (κ2) is 6.64. The van der Waals surface area contributed by atoms with Crippen LogP contribution in [0.15, 0.2) is 12.4 Å². The van der Waals surface area contributed by atoms with E-state index in [4.69, 9.17) is 0 Å². The Hall–Kier alpha value is -1.30. The highest BCUT2D eigenvalue weighted by molar-refractivity contribution is 7.99. The number of thioether (sulfide) groups is 1. The van der Waals surface area contributed by atoms with Crippen LogP contribution in [-0.4, -0.2) is 58.5 Å². The molecule has 21 heavy (non-hydrogen) atoms. The molecule has 114 valence electrons. The normalized spacial score (nSPS) is 23.2.